The molecule has 17 heavy (non-hydrogen) atoms. The van der Waals surface area contributed by atoms with Gasteiger partial charge in [-0.15, -0.1) is 0 Å². The Morgan fingerprint density at radius 2 is 2.00 bits per heavy atom. The Labute approximate surface area is 104 Å². The second-order valence-corrected chi connectivity index (χ2v) is 6.20. The summed E-state index contributed by atoms with van der Waals surface area (Å²) in [5.41, 5.74) is 8.35. The van der Waals surface area contributed by atoms with Gasteiger partial charge in [-0.05, 0) is 32.6 Å². The van der Waals surface area contributed by atoms with Crippen molar-refractivity contribution < 1.29 is 0 Å². The van der Waals surface area contributed by atoms with Gasteiger partial charge in [-0.3, -0.25) is 0 Å². The number of aromatic nitrogens is 2. The van der Waals surface area contributed by atoms with Crippen molar-refractivity contribution in [3.8, 4) is 0 Å². The van der Waals surface area contributed by atoms with Crippen LogP contribution in [-0.2, 0) is 0 Å². The first-order valence-electron chi connectivity index (χ1n) is 6.41. The van der Waals surface area contributed by atoms with Crippen LogP contribution in [0.25, 0.3) is 0 Å². The molecule has 0 amide bonds. The van der Waals surface area contributed by atoms with E-state index in [1.165, 1.54) is 6.42 Å². The van der Waals surface area contributed by atoms with Gasteiger partial charge in [0.15, 0.2) is 5.82 Å². The summed E-state index contributed by atoms with van der Waals surface area (Å²) in [5, 5.41) is 4.55. The second kappa shape index (κ2) is 3.93. The Hall–Kier alpha value is -1.19. The Morgan fingerprint density at radius 3 is 2.47 bits per heavy atom. The molecule has 0 saturated carbocycles. The largest absolute Gasteiger partial charge is 0.394 e. The minimum Gasteiger partial charge on any atom is -0.394 e. The fourth-order valence-electron chi connectivity index (χ4n) is 2.52. The van der Waals surface area contributed by atoms with Gasteiger partial charge in [-0.1, -0.05) is 13.8 Å². The van der Waals surface area contributed by atoms with E-state index in [1.807, 2.05) is 6.92 Å². The van der Waals surface area contributed by atoms with Crippen molar-refractivity contribution in [2.45, 2.75) is 47.1 Å². The van der Waals surface area contributed by atoms with Crippen LogP contribution in [0.3, 0.4) is 0 Å². The summed E-state index contributed by atoms with van der Waals surface area (Å²) in [6.07, 6.45) is 1.22. The van der Waals surface area contributed by atoms with Crippen LogP contribution in [0.4, 0.5) is 11.5 Å². The lowest BCUT2D eigenvalue weighted by molar-refractivity contribution is 0.417. The van der Waals surface area contributed by atoms with Gasteiger partial charge < -0.3 is 10.6 Å². The van der Waals surface area contributed by atoms with Crippen molar-refractivity contribution in [2.24, 2.45) is 5.41 Å². The minimum absolute atomic E-state index is 0.352. The molecule has 2 heterocycles. The average Bonchev–Trinajstić information content (AvgIpc) is 2.69. The molecule has 1 aliphatic heterocycles. The normalized spacial score (nSPS) is 19.3. The van der Waals surface area contributed by atoms with E-state index in [0.29, 0.717) is 11.5 Å². The van der Waals surface area contributed by atoms with E-state index in [2.05, 4.69) is 42.4 Å². The third-order valence-electron chi connectivity index (χ3n) is 3.57. The van der Waals surface area contributed by atoms with Gasteiger partial charge in [-0.25, -0.2) is 4.68 Å². The van der Waals surface area contributed by atoms with Crippen LogP contribution in [0, 0.1) is 12.3 Å². The predicted octanol–water partition coefficient (Wildman–Crippen LogP) is 2.59. The first-order chi connectivity index (χ1) is 7.82. The van der Waals surface area contributed by atoms with Crippen LogP contribution in [-0.4, -0.2) is 22.9 Å². The Balaban J connectivity index is 2.38. The first kappa shape index (κ1) is 12.3. The molecule has 1 aliphatic rings. The van der Waals surface area contributed by atoms with Crippen molar-refractivity contribution in [3.63, 3.8) is 0 Å². The molecular formula is C13H24N4. The van der Waals surface area contributed by atoms with E-state index in [4.69, 9.17) is 5.73 Å². The summed E-state index contributed by atoms with van der Waals surface area (Å²) in [6.45, 7) is 13.1. The number of nitrogen functional groups attached to an aromatic ring is 1. The van der Waals surface area contributed by atoms with Gasteiger partial charge in [0.2, 0.25) is 0 Å². The maximum Gasteiger partial charge on any atom is 0.150 e. The molecule has 4 heteroatoms. The van der Waals surface area contributed by atoms with E-state index in [-0.39, 0.29) is 0 Å². The Kier molecular flexibility index (Phi) is 2.84. The number of hydrogen-bond acceptors (Lipinski definition) is 3. The molecule has 0 aromatic carbocycles. The number of anilines is 2. The molecule has 0 atom stereocenters. The summed E-state index contributed by atoms with van der Waals surface area (Å²) in [7, 11) is 0. The zero-order valence-corrected chi connectivity index (χ0v) is 11.6. The molecule has 1 fully saturated rings. The molecule has 4 nitrogen and oxygen atoms in total. The molecular weight excluding hydrogens is 212 g/mol. The molecule has 1 aromatic rings. The number of nitrogens with two attached hydrogens (primary N) is 1. The van der Waals surface area contributed by atoms with Gasteiger partial charge in [0.25, 0.3) is 0 Å². The van der Waals surface area contributed by atoms with Crippen molar-refractivity contribution in [2.75, 3.05) is 23.7 Å². The Bertz CT molecular complexity index is 417. The van der Waals surface area contributed by atoms with E-state index < -0.39 is 0 Å². The van der Waals surface area contributed by atoms with Crippen molar-refractivity contribution >= 4 is 11.5 Å². The highest BCUT2D eigenvalue weighted by Gasteiger charge is 2.32. The zero-order valence-electron chi connectivity index (χ0n) is 11.6. The zero-order chi connectivity index (χ0) is 12.8. The summed E-state index contributed by atoms with van der Waals surface area (Å²) < 4.78 is 2.06. The Morgan fingerprint density at radius 1 is 1.35 bits per heavy atom. The summed E-state index contributed by atoms with van der Waals surface area (Å²) in [5.74, 6) is 1.11. The highest BCUT2D eigenvalue weighted by atomic mass is 15.4. The molecule has 0 radical (unpaired) electrons. The standard InChI is InChI=1S/C13H24N4/c1-9(2)17-12(11(14)10(3)15-17)16-7-6-13(4,5)8-16/h9H,6-8,14H2,1-5H3. The van der Waals surface area contributed by atoms with E-state index in [9.17, 15) is 0 Å². The van der Waals surface area contributed by atoms with Crippen LogP contribution >= 0.6 is 0 Å². The summed E-state index contributed by atoms with van der Waals surface area (Å²) in [6, 6.07) is 0.352. The molecule has 96 valence electrons. The molecule has 0 unspecified atom stereocenters. The highest BCUT2D eigenvalue weighted by molar-refractivity contribution is 5.67. The number of rotatable bonds is 2. The number of hydrogen-bond donors (Lipinski definition) is 1. The lowest BCUT2D eigenvalue weighted by Crippen LogP contribution is -2.26. The van der Waals surface area contributed by atoms with E-state index in [1.54, 1.807) is 0 Å². The molecule has 0 aliphatic carbocycles. The van der Waals surface area contributed by atoms with Gasteiger partial charge in [0.1, 0.15) is 0 Å². The number of aryl methyl sites for hydroxylation is 1. The third kappa shape index (κ3) is 2.13. The minimum atomic E-state index is 0.352. The average molecular weight is 236 g/mol. The smallest absolute Gasteiger partial charge is 0.150 e. The number of nitrogens with zero attached hydrogens (tertiary/aromatic N) is 3. The fraction of sp³-hybridized carbons (Fsp3) is 0.769. The lowest BCUT2D eigenvalue weighted by atomic mass is 9.93. The van der Waals surface area contributed by atoms with Crippen molar-refractivity contribution in [1.29, 1.82) is 0 Å². The highest BCUT2D eigenvalue weighted by Crippen LogP contribution is 2.37. The monoisotopic (exact) mass is 236 g/mol. The van der Waals surface area contributed by atoms with Crippen LogP contribution in [0.2, 0.25) is 0 Å². The van der Waals surface area contributed by atoms with Crippen LogP contribution < -0.4 is 10.6 Å². The van der Waals surface area contributed by atoms with Gasteiger partial charge in [0, 0.05) is 19.1 Å². The van der Waals surface area contributed by atoms with Crippen molar-refractivity contribution in [3.05, 3.63) is 5.69 Å². The predicted molar refractivity (Wildman–Crippen MR) is 72.4 cm³/mol. The molecule has 2 N–H and O–H groups in total. The molecule has 1 saturated heterocycles. The third-order valence-corrected chi connectivity index (χ3v) is 3.57. The maximum atomic E-state index is 6.18. The SMILES string of the molecule is Cc1nn(C(C)C)c(N2CCC(C)(C)C2)c1N. The van der Waals surface area contributed by atoms with E-state index >= 15 is 0 Å². The second-order valence-electron chi connectivity index (χ2n) is 6.20. The fourth-order valence-corrected chi connectivity index (χ4v) is 2.52. The van der Waals surface area contributed by atoms with E-state index in [0.717, 1.165) is 30.3 Å². The van der Waals surface area contributed by atoms with Gasteiger partial charge in [-0.2, -0.15) is 5.10 Å². The molecule has 0 bridgehead atoms. The quantitative estimate of drug-likeness (QED) is 0.858. The summed E-state index contributed by atoms with van der Waals surface area (Å²) >= 11 is 0. The molecule has 1 aromatic heterocycles. The first-order valence-corrected chi connectivity index (χ1v) is 6.41. The van der Waals surface area contributed by atoms with Crippen LogP contribution in [0.5, 0.6) is 0 Å². The summed E-state index contributed by atoms with van der Waals surface area (Å²) in [4.78, 5) is 2.38. The van der Waals surface area contributed by atoms with Gasteiger partial charge in [0.05, 0.1) is 11.4 Å². The maximum absolute atomic E-state index is 6.18. The topological polar surface area (TPSA) is 47.1 Å². The lowest BCUT2D eigenvalue weighted by Gasteiger charge is -2.24. The molecule has 2 rings (SSSR count). The van der Waals surface area contributed by atoms with Crippen molar-refractivity contribution in [1.82, 2.24) is 9.78 Å². The van der Waals surface area contributed by atoms with Crippen LogP contribution in [0.15, 0.2) is 0 Å². The molecule has 0 spiro atoms. The van der Waals surface area contributed by atoms with Gasteiger partial charge >= 0.3 is 0 Å². The van der Waals surface area contributed by atoms with Crippen LogP contribution in [0.1, 0.15) is 45.9 Å².